The standard InChI is InChI=1S/C22H29FNOP/c1-21(2,3)15-11-17(22(4,5)6)20(25)19(12-15)26-18-9-8-16(23)10-14(18)13-24-7/h8-13,25-26H,1-7H3/b24-13+. The summed E-state index contributed by atoms with van der Waals surface area (Å²) in [6.45, 7) is 12.8. The van der Waals surface area contributed by atoms with Crippen LogP contribution in [0.2, 0.25) is 0 Å². The number of benzene rings is 2. The van der Waals surface area contributed by atoms with Gasteiger partial charge in [0.1, 0.15) is 11.6 Å². The number of aliphatic imine (C=N–C) groups is 1. The molecule has 0 aromatic heterocycles. The summed E-state index contributed by atoms with van der Waals surface area (Å²) >= 11 is 0. The van der Waals surface area contributed by atoms with Crippen molar-refractivity contribution in [3.8, 4) is 5.75 Å². The minimum Gasteiger partial charge on any atom is -0.507 e. The Balaban J connectivity index is 2.63. The molecule has 0 bridgehead atoms. The first-order valence-electron chi connectivity index (χ1n) is 8.80. The summed E-state index contributed by atoms with van der Waals surface area (Å²) < 4.78 is 13.6. The Morgan fingerprint density at radius 1 is 0.962 bits per heavy atom. The molecule has 2 aromatic carbocycles. The van der Waals surface area contributed by atoms with Crippen molar-refractivity contribution in [3.63, 3.8) is 0 Å². The highest BCUT2D eigenvalue weighted by Gasteiger charge is 2.25. The van der Waals surface area contributed by atoms with E-state index >= 15 is 0 Å². The predicted octanol–water partition coefficient (Wildman–Crippen LogP) is 4.80. The molecule has 0 aliphatic rings. The van der Waals surface area contributed by atoms with E-state index in [4.69, 9.17) is 0 Å². The van der Waals surface area contributed by atoms with Crippen LogP contribution in [0.5, 0.6) is 5.75 Å². The molecule has 0 radical (unpaired) electrons. The largest absolute Gasteiger partial charge is 0.507 e. The zero-order valence-electron chi connectivity index (χ0n) is 16.7. The lowest BCUT2D eigenvalue weighted by molar-refractivity contribution is 0.449. The topological polar surface area (TPSA) is 32.6 Å². The molecule has 140 valence electrons. The average Bonchev–Trinajstić information content (AvgIpc) is 2.49. The van der Waals surface area contributed by atoms with Gasteiger partial charge in [-0.25, -0.2) is 4.39 Å². The maximum atomic E-state index is 13.6. The average molecular weight is 373 g/mol. The molecule has 1 unspecified atom stereocenters. The fourth-order valence-electron chi connectivity index (χ4n) is 2.77. The maximum absolute atomic E-state index is 13.6. The van der Waals surface area contributed by atoms with Gasteiger partial charge < -0.3 is 5.11 Å². The van der Waals surface area contributed by atoms with Crippen molar-refractivity contribution < 1.29 is 9.50 Å². The Kier molecular flexibility index (Phi) is 5.92. The number of phenolic OH excluding ortho intramolecular Hbond substituents is 1. The number of phenols is 1. The van der Waals surface area contributed by atoms with Crippen molar-refractivity contribution in [1.29, 1.82) is 0 Å². The smallest absolute Gasteiger partial charge is 0.127 e. The molecule has 0 spiro atoms. The normalized spacial score (nSPS) is 13.2. The Morgan fingerprint density at radius 2 is 1.62 bits per heavy atom. The Labute approximate surface area is 158 Å². The van der Waals surface area contributed by atoms with E-state index in [0.29, 0.717) is 5.75 Å². The third kappa shape index (κ3) is 4.71. The number of hydrogen-bond donors (Lipinski definition) is 1. The molecule has 26 heavy (non-hydrogen) atoms. The third-order valence-electron chi connectivity index (χ3n) is 4.34. The highest BCUT2D eigenvalue weighted by molar-refractivity contribution is 7.56. The van der Waals surface area contributed by atoms with Crippen molar-refractivity contribution in [2.24, 2.45) is 4.99 Å². The first kappa shape index (κ1) is 20.6. The van der Waals surface area contributed by atoms with E-state index in [-0.39, 0.29) is 25.2 Å². The van der Waals surface area contributed by atoms with Crippen molar-refractivity contribution in [1.82, 2.24) is 0 Å². The molecular formula is C22H29FNOP. The van der Waals surface area contributed by atoms with Crippen molar-refractivity contribution in [2.75, 3.05) is 7.05 Å². The maximum Gasteiger partial charge on any atom is 0.127 e. The van der Waals surface area contributed by atoms with Gasteiger partial charge in [0.15, 0.2) is 0 Å². The summed E-state index contributed by atoms with van der Waals surface area (Å²) in [5.74, 6) is 0.0593. The summed E-state index contributed by atoms with van der Waals surface area (Å²) in [6, 6.07) is 8.93. The second kappa shape index (κ2) is 7.48. The Hall–Kier alpha value is -1.73. The monoisotopic (exact) mass is 373 g/mol. The number of nitrogens with zero attached hydrogens (tertiary/aromatic N) is 1. The van der Waals surface area contributed by atoms with Crippen LogP contribution >= 0.6 is 8.58 Å². The Bertz CT molecular complexity index is 829. The van der Waals surface area contributed by atoms with Gasteiger partial charge in [0, 0.05) is 29.7 Å². The van der Waals surface area contributed by atoms with E-state index in [1.54, 1.807) is 19.3 Å². The SMILES string of the molecule is C/N=C/c1cc(F)ccc1Pc1cc(C(C)(C)C)cc(C(C)(C)C)c1O. The highest BCUT2D eigenvalue weighted by atomic mass is 31.1. The summed E-state index contributed by atoms with van der Waals surface area (Å²) in [4.78, 5) is 4.04. The van der Waals surface area contributed by atoms with Gasteiger partial charge in [0.2, 0.25) is 0 Å². The van der Waals surface area contributed by atoms with Crippen LogP contribution in [-0.2, 0) is 10.8 Å². The van der Waals surface area contributed by atoms with Crippen LogP contribution in [0.4, 0.5) is 4.39 Å². The molecule has 0 aliphatic heterocycles. The minimum absolute atomic E-state index is 0.0244. The first-order chi connectivity index (χ1) is 11.9. The zero-order chi connectivity index (χ0) is 19.7. The number of halogens is 1. The molecule has 1 N–H and O–H groups in total. The second-order valence-corrected chi connectivity index (χ2v) is 9.99. The third-order valence-corrected chi connectivity index (χ3v) is 5.71. The van der Waals surface area contributed by atoms with Crippen molar-refractivity contribution >= 4 is 25.4 Å². The first-order valence-corrected chi connectivity index (χ1v) is 9.80. The lowest BCUT2D eigenvalue weighted by atomic mass is 9.80. The molecule has 0 saturated carbocycles. The van der Waals surface area contributed by atoms with Crippen LogP contribution in [0.15, 0.2) is 35.3 Å². The summed E-state index contributed by atoms with van der Waals surface area (Å²) in [6.07, 6.45) is 1.67. The van der Waals surface area contributed by atoms with Crippen LogP contribution in [0.3, 0.4) is 0 Å². The van der Waals surface area contributed by atoms with Gasteiger partial charge in [0.25, 0.3) is 0 Å². The Morgan fingerprint density at radius 3 is 2.15 bits per heavy atom. The van der Waals surface area contributed by atoms with Crippen molar-refractivity contribution in [3.05, 3.63) is 52.8 Å². The molecule has 0 saturated heterocycles. The molecule has 0 amide bonds. The summed E-state index contributed by atoms with van der Waals surface area (Å²) in [7, 11) is 1.90. The van der Waals surface area contributed by atoms with E-state index in [0.717, 1.165) is 21.7 Å². The van der Waals surface area contributed by atoms with Gasteiger partial charge in [-0.05, 0) is 39.9 Å². The van der Waals surface area contributed by atoms with Gasteiger partial charge in [-0.1, -0.05) is 62.3 Å². The zero-order valence-corrected chi connectivity index (χ0v) is 17.7. The lowest BCUT2D eigenvalue weighted by Gasteiger charge is -2.27. The van der Waals surface area contributed by atoms with Crippen molar-refractivity contribution in [2.45, 2.75) is 52.4 Å². The van der Waals surface area contributed by atoms with E-state index < -0.39 is 0 Å². The summed E-state index contributed by atoms with van der Waals surface area (Å²) in [5, 5.41) is 12.8. The fraction of sp³-hybridized carbons (Fsp3) is 0.409. The molecule has 0 heterocycles. The molecule has 2 aromatic rings. The van der Waals surface area contributed by atoms with Crippen LogP contribution < -0.4 is 10.6 Å². The molecule has 0 fully saturated rings. The van der Waals surface area contributed by atoms with Gasteiger partial charge in [-0.3, -0.25) is 4.99 Å². The van der Waals surface area contributed by atoms with Crippen LogP contribution in [0.1, 0.15) is 58.2 Å². The van der Waals surface area contributed by atoms with Gasteiger partial charge in [-0.2, -0.15) is 0 Å². The molecule has 4 heteroatoms. The van der Waals surface area contributed by atoms with E-state index in [1.165, 1.54) is 17.7 Å². The van der Waals surface area contributed by atoms with E-state index in [2.05, 4.69) is 58.7 Å². The molecule has 2 nitrogen and oxygen atoms in total. The lowest BCUT2D eigenvalue weighted by Crippen LogP contribution is -2.21. The van der Waals surface area contributed by atoms with Crippen LogP contribution in [0, 0.1) is 5.82 Å². The number of hydrogen-bond acceptors (Lipinski definition) is 2. The number of aromatic hydroxyl groups is 1. The molecule has 2 rings (SSSR count). The quantitative estimate of drug-likeness (QED) is 0.608. The van der Waals surface area contributed by atoms with E-state index in [1.807, 2.05) is 0 Å². The van der Waals surface area contributed by atoms with Gasteiger partial charge in [0.05, 0.1) is 0 Å². The van der Waals surface area contributed by atoms with Gasteiger partial charge >= 0.3 is 0 Å². The van der Waals surface area contributed by atoms with Crippen LogP contribution in [-0.4, -0.2) is 18.4 Å². The molecule has 0 aliphatic carbocycles. The number of rotatable bonds is 3. The molecule has 1 atom stereocenters. The van der Waals surface area contributed by atoms with Gasteiger partial charge in [-0.15, -0.1) is 0 Å². The second-order valence-electron chi connectivity index (χ2n) is 8.66. The minimum atomic E-state index is -0.281. The predicted molar refractivity (Wildman–Crippen MR) is 113 cm³/mol. The molecular weight excluding hydrogens is 344 g/mol. The fourth-order valence-corrected chi connectivity index (χ4v) is 3.99. The highest BCUT2D eigenvalue weighted by Crippen LogP contribution is 2.36. The summed E-state index contributed by atoms with van der Waals surface area (Å²) in [5.41, 5.74) is 2.70. The van der Waals surface area contributed by atoms with Crippen LogP contribution in [0.25, 0.3) is 0 Å². The van der Waals surface area contributed by atoms with E-state index in [9.17, 15) is 9.50 Å².